The highest BCUT2D eigenvalue weighted by atomic mass is 16.5. The third kappa shape index (κ3) is 3.85. The molecule has 1 unspecified atom stereocenters. The Kier molecular flexibility index (Phi) is 5.95. The SMILES string of the molecule is CCN(CCOC)CC1(C=O)CCCOC1. The number of likely N-dealkylation sites (N-methyl/N-ethyl adjacent to an activating group) is 1. The van der Waals surface area contributed by atoms with Crippen LogP contribution in [0.25, 0.3) is 0 Å². The molecule has 1 aliphatic heterocycles. The number of hydrogen-bond acceptors (Lipinski definition) is 4. The molecular weight excluding hydrogens is 206 g/mol. The van der Waals surface area contributed by atoms with Crippen LogP contribution in [-0.2, 0) is 14.3 Å². The fraction of sp³-hybridized carbons (Fsp3) is 0.917. The first-order valence-corrected chi connectivity index (χ1v) is 6.02. The molecule has 1 fully saturated rings. The van der Waals surface area contributed by atoms with E-state index in [4.69, 9.17) is 9.47 Å². The largest absolute Gasteiger partial charge is 0.383 e. The lowest BCUT2D eigenvalue weighted by atomic mass is 9.83. The summed E-state index contributed by atoms with van der Waals surface area (Å²) in [5.74, 6) is 0. The average molecular weight is 229 g/mol. The van der Waals surface area contributed by atoms with Crippen LogP contribution in [-0.4, -0.2) is 57.8 Å². The molecule has 0 saturated carbocycles. The normalized spacial score (nSPS) is 25.9. The van der Waals surface area contributed by atoms with Gasteiger partial charge in [0.25, 0.3) is 0 Å². The molecule has 0 bridgehead atoms. The van der Waals surface area contributed by atoms with Crippen LogP contribution in [0.5, 0.6) is 0 Å². The van der Waals surface area contributed by atoms with Crippen molar-refractivity contribution in [1.82, 2.24) is 4.90 Å². The van der Waals surface area contributed by atoms with E-state index in [0.29, 0.717) is 13.2 Å². The minimum absolute atomic E-state index is 0.290. The van der Waals surface area contributed by atoms with E-state index in [1.165, 1.54) is 0 Å². The molecule has 0 amide bonds. The van der Waals surface area contributed by atoms with Crippen LogP contribution >= 0.6 is 0 Å². The number of rotatable bonds is 7. The lowest BCUT2D eigenvalue weighted by Crippen LogP contribution is -2.45. The highest BCUT2D eigenvalue weighted by Gasteiger charge is 2.34. The van der Waals surface area contributed by atoms with Crippen LogP contribution in [0.4, 0.5) is 0 Å². The third-order valence-electron chi connectivity index (χ3n) is 3.20. The van der Waals surface area contributed by atoms with Gasteiger partial charge in [-0.1, -0.05) is 6.92 Å². The highest BCUT2D eigenvalue weighted by Crippen LogP contribution is 2.27. The fourth-order valence-electron chi connectivity index (χ4n) is 2.14. The Balaban J connectivity index is 2.48. The molecule has 0 aromatic rings. The summed E-state index contributed by atoms with van der Waals surface area (Å²) in [4.78, 5) is 13.5. The molecule has 0 aromatic heterocycles. The zero-order valence-corrected chi connectivity index (χ0v) is 10.4. The van der Waals surface area contributed by atoms with Crippen molar-refractivity contribution in [2.45, 2.75) is 19.8 Å². The smallest absolute Gasteiger partial charge is 0.129 e. The fourth-order valence-corrected chi connectivity index (χ4v) is 2.14. The standard InChI is InChI=1S/C12H23NO3/c1-3-13(6-8-15-2)9-12(10-14)5-4-7-16-11-12/h10H,3-9,11H2,1-2H3. The van der Waals surface area contributed by atoms with E-state index in [2.05, 4.69) is 11.8 Å². The van der Waals surface area contributed by atoms with Gasteiger partial charge >= 0.3 is 0 Å². The molecular formula is C12H23NO3. The molecule has 0 aromatic carbocycles. The van der Waals surface area contributed by atoms with Gasteiger partial charge in [0, 0.05) is 26.8 Å². The van der Waals surface area contributed by atoms with Gasteiger partial charge in [0.05, 0.1) is 18.6 Å². The molecule has 0 N–H and O–H groups in total. The summed E-state index contributed by atoms with van der Waals surface area (Å²) in [7, 11) is 1.70. The number of nitrogens with zero attached hydrogens (tertiary/aromatic N) is 1. The van der Waals surface area contributed by atoms with Gasteiger partial charge in [-0.25, -0.2) is 0 Å². The monoisotopic (exact) mass is 229 g/mol. The van der Waals surface area contributed by atoms with Crippen molar-refractivity contribution in [2.75, 3.05) is 46.6 Å². The maximum atomic E-state index is 11.3. The maximum Gasteiger partial charge on any atom is 0.129 e. The van der Waals surface area contributed by atoms with E-state index in [-0.39, 0.29) is 5.41 Å². The second kappa shape index (κ2) is 6.99. The molecule has 1 saturated heterocycles. The quantitative estimate of drug-likeness (QED) is 0.609. The molecule has 16 heavy (non-hydrogen) atoms. The lowest BCUT2D eigenvalue weighted by molar-refractivity contribution is -0.125. The van der Waals surface area contributed by atoms with Crippen LogP contribution in [0.2, 0.25) is 0 Å². The number of methoxy groups -OCH3 is 1. The molecule has 0 aliphatic carbocycles. The van der Waals surface area contributed by atoms with Gasteiger partial charge in [-0.2, -0.15) is 0 Å². The summed E-state index contributed by atoms with van der Waals surface area (Å²) in [5.41, 5.74) is -0.290. The Morgan fingerprint density at radius 1 is 1.56 bits per heavy atom. The van der Waals surface area contributed by atoms with Gasteiger partial charge in [0.15, 0.2) is 0 Å². The van der Waals surface area contributed by atoms with Crippen molar-refractivity contribution in [3.05, 3.63) is 0 Å². The van der Waals surface area contributed by atoms with E-state index in [1.54, 1.807) is 7.11 Å². The predicted molar refractivity (Wildman–Crippen MR) is 62.5 cm³/mol. The van der Waals surface area contributed by atoms with Crippen LogP contribution in [0.3, 0.4) is 0 Å². The van der Waals surface area contributed by atoms with Gasteiger partial charge in [0.1, 0.15) is 6.29 Å². The minimum Gasteiger partial charge on any atom is -0.383 e. The molecule has 0 radical (unpaired) electrons. The van der Waals surface area contributed by atoms with Crippen molar-refractivity contribution < 1.29 is 14.3 Å². The van der Waals surface area contributed by atoms with E-state index < -0.39 is 0 Å². The van der Waals surface area contributed by atoms with Crippen LogP contribution in [0.1, 0.15) is 19.8 Å². The first-order chi connectivity index (χ1) is 7.76. The Morgan fingerprint density at radius 3 is 2.88 bits per heavy atom. The summed E-state index contributed by atoms with van der Waals surface area (Å²) in [6.07, 6.45) is 3.02. The van der Waals surface area contributed by atoms with Gasteiger partial charge in [0.2, 0.25) is 0 Å². The molecule has 1 heterocycles. The molecule has 1 aliphatic rings. The zero-order chi connectivity index (χ0) is 11.9. The Morgan fingerprint density at radius 2 is 2.38 bits per heavy atom. The van der Waals surface area contributed by atoms with Crippen molar-refractivity contribution in [3.8, 4) is 0 Å². The van der Waals surface area contributed by atoms with E-state index in [9.17, 15) is 4.79 Å². The second-order valence-electron chi connectivity index (χ2n) is 4.50. The van der Waals surface area contributed by atoms with Crippen molar-refractivity contribution in [2.24, 2.45) is 5.41 Å². The maximum absolute atomic E-state index is 11.3. The number of carbonyl (C=O) groups is 1. The number of hydrogen-bond donors (Lipinski definition) is 0. The number of aldehydes is 1. The Bertz CT molecular complexity index is 202. The summed E-state index contributed by atoms with van der Waals surface area (Å²) in [6, 6.07) is 0. The summed E-state index contributed by atoms with van der Waals surface area (Å²) >= 11 is 0. The van der Waals surface area contributed by atoms with Gasteiger partial charge in [-0.05, 0) is 19.4 Å². The van der Waals surface area contributed by atoms with Gasteiger partial charge < -0.3 is 19.2 Å². The van der Waals surface area contributed by atoms with Crippen LogP contribution < -0.4 is 0 Å². The van der Waals surface area contributed by atoms with Crippen molar-refractivity contribution in [1.29, 1.82) is 0 Å². The molecule has 94 valence electrons. The molecule has 1 atom stereocenters. The highest BCUT2D eigenvalue weighted by molar-refractivity contribution is 5.60. The summed E-state index contributed by atoms with van der Waals surface area (Å²) < 4.78 is 10.5. The average Bonchev–Trinajstić information content (AvgIpc) is 2.35. The second-order valence-corrected chi connectivity index (χ2v) is 4.50. The summed E-state index contributed by atoms with van der Waals surface area (Å²) in [5, 5.41) is 0. The van der Waals surface area contributed by atoms with E-state index in [1.807, 2.05) is 0 Å². The number of carbonyl (C=O) groups excluding carboxylic acids is 1. The Hall–Kier alpha value is -0.450. The summed E-state index contributed by atoms with van der Waals surface area (Å²) in [6.45, 7) is 6.79. The topological polar surface area (TPSA) is 38.8 Å². The zero-order valence-electron chi connectivity index (χ0n) is 10.4. The van der Waals surface area contributed by atoms with Gasteiger partial charge in [-0.15, -0.1) is 0 Å². The van der Waals surface area contributed by atoms with Crippen LogP contribution in [0, 0.1) is 5.41 Å². The van der Waals surface area contributed by atoms with Crippen molar-refractivity contribution >= 4 is 6.29 Å². The minimum atomic E-state index is -0.290. The third-order valence-corrected chi connectivity index (χ3v) is 3.20. The van der Waals surface area contributed by atoms with E-state index in [0.717, 1.165) is 45.4 Å². The first-order valence-electron chi connectivity index (χ1n) is 6.02. The number of ether oxygens (including phenoxy) is 2. The predicted octanol–water partition coefficient (Wildman–Crippen LogP) is 0.950. The Labute approximate surface area is 97.9 Å². The van der Waals surface area contributed by atoms with E-state index >= 15 is 0 Å². The van der Waals surface area contributed by atoms with Crippen LogP contribution in [0.15, 0.2) is 0 Å². The molecule has 4 nitrogen and oxygen atoms in total. The molecule has 0 spiro atoms. The molecule has 4 heteroatoms. The van der Waals surface area contributed by atoms with Gasteiger partial charge in [-0.3, -0.25) is 0 Å². The first kappa shape index (κ1) is 13.6. The molecule has 1 rings (SSSR count). The van der Waals surface area contributed by atoms with Crippen molar-refractivity contribution in [3.63, 3.8) is 0 Å². The lowest BCUT2D eigenvalue weighted by Gasteiger charge is -2.36.